The maximum Gasteiger partial charge on any atom is 0.211 e. The van der Waals surface area contributed by atoms with Crippen LogP contribution in [0.25, 0.3) is 16.8 Å². The molecule has 0 saturated carbocycles. The van der Waals surface area contributed by atoms with E-state index in [-0.39, 0.29) is 24.8 Å². The Balaban J connectivity index is 0.00000121. The van der Waals surface area contributed by atoms with Gasteiger partial charge in [-0.1, -0.05) is 6.07 Å². The summed E-state index contributed by atoms with van der Waals surface area (Å²) in [6.45, 7) is 4.26. The number of aromatic amines is 1. The number of H-pyrrole nitrogens is 1. The number of hydrogen-bond donors (Lipinski definition) is 0. The van der Waals surface area contributed by atoms with Crippen molar-refractivity contribution >= 4 is 0 Å². The number of nitrogens with one attached hydrogen (secondary N) is 1. The topological polar surface area (TPSA) is 18.0 Å². The minimum Gasteiger partial charge on any atom is -1.00 e. The van der Waals surface area contributed by atoms with Gasteiger partial charge in [0, 0.05) is 36.4 Å². The molecule has 0 fully saturated rings. The van der Waals surface area contributed by atoms with E-state index >= 15 is 0 Å². The highest BCUT2D eigenvalue weighted by Gasteiger charge is 2.08. The largest absolute Gasteiger partial charge is 1.00 e. The van der Waals surface area contributed by atoms with E-state index in [1.807, 2.05) is 12.4 Å². The average Bonchev–Trinajstić information content (AvgIpc) is 2.47. The van der Waals surface area contributed by atoms with Crippen LogP contribution in [0.2, 0.25) is 0 Å². The molecule has 0 spiro atoms. The van der Waals surface area contributed by atoms with Crippen molar-refractivity contribution in [2.45, 2.75) is 13.8 Å². The Labute approximate surface area is 143 Å². The summed E-state index contributed by atoms with van der Waals surface area (Å²) in [6, 6.07) is 15.0. The molecule has 2 aromatic heterocycles. The Morgan fingerprint density at radius 1 is 0.727 bits per heavy atom. The summed E-state index contributed by atoms with van der Waals surface area (Å²) >= 11 is 0. The lowest BCUT2D eigenvalue weighted by atomic mass is 10.1. The molecule has 0 aliphatic carbocycles. The molecule has 0 unspecified atom stereocenters. The van der Waals surface area contributed by atoms with E-state index in [0.29, 0.717) is 0 Å². The minimum absolute atomic E-state index is 0. The molecule has 4 heteroatoms. The Hall–Kier alpha value is -1.90. The monoisotopic (exact) mass is 332 g/mol. The van der Waals surface area contributed by atoms with Gasteiger partial charge in [-0.15, -0.1) is 0 Å². The molecule has 0 amide bonds. The molecule has 1 N–H and O–H groups in total. The van der Waals surface area contributed by atoms with Gasteiger partial charge in [-0.05, 0) is 36.1 Å². The number of nitrogens with zero attached hydrogens (tertiary/aromatic N) is 1. The third-order valence-corrected chi connectivity index (χ3v) is 3.39. The maximum absolute atomic E-state index is 3.05. The van der Waals surface area contributed by atoms with Gasteiger partial charge >= 0.3 is 0 Å². The number of aryl methyl sites for hydroxylation is 2. The van der Waals surface area contributed by atoms with E-state index in [2.05, 4.69) is 78.3 Å². The predicted octanol–water partition coefficient (Wildman–Crippen LogP) is -2.93. The van der Waals surface area contributed by atoms with Gasteiger partial charge in [0.25, 0.3) is 0 Å². The van der Waals surface area contributed by atoms with Crippen molar-refractivity contribution in [2.24, 2.45) is 0 Å². The Morgan fingerprint density at radius 3 is 1.77 bits per heavy atom. The van der Waals surface area contributed by atoms with Crippen molar-refractivity contribution in [2.75, 3.05) is 0 Å². The second kappa shape index (κ2) is 7.92. The van der Waals surface area contributed by atoms with Crippen molar-refractivity contribution in [3.63, 3.8) is 0 Å². The van der Waals surface area contributed by atoms with Crippen molar-refractivity contribution in [1.29, 1.82) is 0 Å². The number of halogens is 2. The van der Waals surface area contributed by atoms with Gasteiger partial charge in [0.05, 0.1) is 0 Å². The zero-order valence-corrected chi connectivity index (χ0v) is 14.1. The number of pyridine rings is 2. The lowest BCUT2D eigenvalue weighted by Gasteiger charge is -2.01. The first kappa shape index (κ1) is 18.1. The fourth-order valence-corrected chi connectivity index (χ4v) is 2.47. The Bertz CT molecular complexity index is 706. The third-order valence-electron chi connectivity index (χ3n) is 3.39. The highest BCUT2D eigenvalue weighted by molar-refractivity contribution is 5.61. The highest BCUT2D eigenvalue weighted by atomic mass is 35.5. The van der Waals surface area contributed by atoms with E-state index in [0.717, 1.165) is 0 Å². The first-order chi connectivity index (χ1) is 9.72. The van der Waals surface area contributed by atoms with E-state index < -0.39 is 0 Å². The van der Waals surface area contributed by atoms with Crippen LogP contribution in [0, 0.1) is 13.8 Å². The van der Waals surface area contributed by atoms with Gasteiger partial charge < -0.3 is 24.8 Å². The van der Waals surface area contributed by atoms with Gasteiger partial charge in [0.1, 0.15) is 0 Å². The van der Waals surface area contributed by atoms with Gasteiger partial charge in [-0.2, -0.15) is 4.57 Å². The first-order valence-electron chi connectivity index (χ1n) is 6.79. The fourth-order valence-electron chi connectivity index (χ4n) is 2.47. The summed E-state index contributed by atoms with van der Waals surface area (Å²) in [5.41, 5.74) is 6.22. The summed E-state index contributed by atoms with van der Waals surface area (Å²) < 4.78 is 2.15. The molecule has 0 saturated heterocycles. The number of rotatable bonds is 2. The second-order valence-corrected chi connectivity index (χ2v) is 5.13. The zero-order chi connectivity index (χ0) is 13.9. The van der Waals surface area contributed by atoms with Crippen LogP contribution in [0.4, 0.5) is 0 Å². The number of benzene rings is 1. The van der Waals surface area contributed by atoms with Crippen molar-refractivity contribution in [1.82, 2.24) is 0 Å². The van der Waals surface area contributed by atoms with E-state index in [1.165, 1.54) is 27.9 Å². The quantitative estimate of drug-likeness (QED) is 0.447. The molecule has 0 atom stereocenters. The Morgan fingerprint density at radius 2 is 1.23 bits per heavy atom. The van der Waals surface area contributed by atoms with Crippen molar-refractivity contribution in [3.8, 4) is 16.8 Å². The summed E-state index contributed by atoms with van der Waals surface area (Å²) in [5, 5.41) is 0. The second-order valence-electron chi connectivity index (χ2n) is 5.13. The van der Waals surface area contributed by atoms with Gasteiger partial charge in [-0.25, -0.2) is 4.98 Å². The fraction of sp³-hybridized carbons (Fsp3) is 0.111. The maximum atomic E-state index is 3.05. The van der Waals surface area contributed by atoms with Crippen LogP contribution < -0.4 is 34.4 Å². The molecule has 22 heavy (non-hydrogen) atoms. The summed E-state index contributed by atoms with van der Waals surface area (Å²) in [7, 11) is 0. The smallest absolute Gasteiger partial charge is 0.211 e. The predicted molar refractivity (Wildman–Crippen MR) is 79.4 cm³/mol. The van der Waals surface area contributed by atoms with Crippen LogP contribution in [0.1, 0.15) is 11.1 Å². The minimum atomic E-state index is 0. The first-order valence-corrected chi connectivity index (χ1v) is 6.79. The van der Waals surface area contributed by atoms with Crippen LogP contribution in [0.3, 0.4) is 0 Å². The molecule has 1 aromatic carbocycles. The molecule has 0 aliphatic rings. The van der Waals surface area contributed by atoms with Crippen LogP contribution in [0.15, 0.2) is 67.3 Å². The van der Waals surface area contributed by atoms with E-state index in [9.17, 15) is 0 Å². The molecule has 114 valence electrons. The summed E-state index contributed by atoms with van der Waals surface area (Å²) in [5.74, 6) is 0. The van der Waals surface area contributed by atoms with Crippen LogP contribution in [0.5, 0.6) is 0 Å². The average molecular weight is 333 g/mol. The lowest BCUT2D eigenvalue weighted by molar-refractivity contribution is -0.595. The molecule has 3 rings (SSSR count). The van der Waals surface area contributed by atoms with E-state index in [4.69, 9.17) is 0 Å². The van der Waals surface area contributed by atoms with Crippen LogP contribution >= 0.6 is 0 Å². The molecule has 0 radical (unpaired) electrons. The molecular formula is C18H18Cl2N2. The SMILES string of the molecule is Cc1cc(C)cc(-[n+]2ccc(-c3cc[nH+]cc3)cc2)c1.[Cl-].[Cl-]. The van der Waals surface area contributed by atoms with E-state index in [1.54, 1.807) is 0 Å². The number of hydrogen-bond acceptors (Lipinski definition) is 0. The number of aromatic nitrogens is 2. The summed E-state index contributed by atoms with van der Waals surface area (Å²) in [6.07, 6.45) is 8.11. The zero-order valence-electron chi connectivity index (χ0n) is 12.6. The van der Waals surface area contributed by atoms with Crippen molar-refractivity contribution < 1.29 is 34.4 Å². The van der Waals surface area contributed by atoms with Crippen molar-refractivity contribution in [3.05, 3.63) is 78.4 Å². The lowest BCUT2D eigenvalue weighted by Crippen LogP contribution is -3.00. The molecule has 2 heterocycles. The summed E-state index contributed by atoms with van der Waals surface area (Å²) in [4.78, 5) is 3.05. The Kier molecular flexibility index (Phi) is 6.54. The molecule has 2 nitrogen and oxygen atoms in total. The van der Waals surface area contributed by atoms with Gasteiger partial charge in [0.2, 0.25) is 5.69 Å². The van der Waals surface area contributed by atoms with Crippen LogP contribution in [-0.2, 0) is 0 Å². The standard InChI is InChI=1S/C18H17N2.2ClH/c1-14-11-15(2)13-18(12-14)20-9-5-17(6-10-20)16-3-7-19-8-4-16;;/h3-13H,1-2H3;2*1H/q+1;;/p-1. The van der Waals surface area contributed by atoms with Gasteiger partial charge in [0.15, 0.2) is 24.8 Å². The third kappa shape index (κ3) is 4.06. The molecule has 0 bridgehead atoms. The molecule has 0 aliphatic heterocycles. The molecular weight excluding hydrogens is 315 g/mol. The van der Waals surface area contributed by atoms with Gasteiger partial charge in [-0.3, -0.25) is 0 Å². The van der Waals surface area contributed by atoms with Crippen LogP contribution in [-0.4, -0.2) is 0 Å². The highest BCUT2D eigenvalue weighted by Crippen LogP contribution is 2.16. The normalized spacial score (nSPS) is 9.55. The molecule has 3 aromatic rings.